The smallest absolute Gasteiger partial charge is 0.230 e. The Labute approximate surface area is 165 Å². The van der Waals surface area contributed by atoms with Gasteiger partial charge in [-0.25, -0.2) is 4.98 Å². The van der Waals surface area contributed by atoms with Crippen LogP contribution in [0.3, 0.4) is 0 Å². The van der Waals surface area contributed by atoms with E-state index in [-0.39, 0.29) is 11.3 Å². The number of carbonyl (C=O) groups is 1. The molecule has 5 nitrogen and oxygen atoms in total. The molecule has 146 valence electrons. The Bertz CT molecular complexity index is 710. The van der Waals surface area contributed by atoms with Crippen LogP contribution in [0, 0.1) is 0 Å². The zero-order valence-electron chi connectivity index (χ0n) is 16.5. The van der Waals surface area contributed by atoms with E-state index in [0.29, 0.717) is 31.4 Å². The van der Waals surface area contributed by atoms with E-state index in [2.05, 4.69) is 55.3 Å². The highest BCUT2D eigenvalue weighted by molar-refractivity contribution is 8.00. The number of ether oxygens (including phenoxy) is 2. The van der Waals surface area contributed by atoms with Gasteiger partial charge in [0.1, 0.15) is 6.61 Å². The van der Waals surface area contributed by atoms with Crippen LogP contribution in [-0.2, 0) is 21.5 Å². The first kappa shape index (κ1) is 21.3. The zero-order chi connectivity index (χ0) is 19.7. The first-order valence-electron chi connectivity index (χ1n) is 8.95. The maximum Gasteiger partial charge on any atom is 0.230 e. The number of carbonyl (C=O) groups excluding carboxylic acids is 1. The SMILES string of the molecule is COCCOc1ccc(CNC(=O)CSc2ccc(C(C)(C)C)cc2)cn1. The normalized spacial score (nSPS) is 11.3. The Morgan fingerprint density at radius 1 is 1.11 bits per heavy atom. The average molecular weight is 389 g/mol. The molecule has 0 spiro atoms. The predicted octanol–water partition coefficient (Wildman–Crippen LogP) is 3.81. The molecule has 1 aromatic carbocycles. The third kappa shape index (κ3) is 7.61. The van der Waals surface area contributed by atoms with Gasteiger partial charge < -0.3 is 14.8 Å². The third-order valence-electron chi connectivity index (χ3n) is 3.91. The van der Waals surface area contributed by atoms with Crippen LogP contribution in [0.4, 0.5) is 0 Å². The fourth-order valence-electron chi connectivity index (χ4n) is 2.28. The minimum absolute atomic E-state index is 0.000295. The van der Waals surface area contributed by atoms with Crippen molar-refractivity contribution in [3.63, 3.8) is 0 Å². The molecule has 0 fully saturated rings. The topological polar surface area (TPSA) is 60.5 Å². The molecule has 6 heteroatoms. The van der Waals surface area contributed by atoms with Gasteiger partial charge in [-0.15, -0.1) is 11.8 Å². The Morgan fingerprint density at radius 2 is 1.85 bits per heavy atom. The Balaban J connectivity index is 1.73. The molecule has 0 aliphatic heterocycles. The highest BCUT2D eigenvalue weighted by atomic mass is 32.2. The first-order chi connectivity index (χ1) is 12.9. The number of rotatable bonds is 9. The van der Waals surface area contributed by atoms with Crippen LogP contribution in [-0.4, -0.2) is 37.0 Å². The van der Waals surface area contributed by atoms with Gasteiger partial charge >= 0.3 is 0 Å². The van der Waals surface area contributed by atoms with Gasteiger partial charge in [0.15, 0.2) is 0 Å². The summed E-state index contributed by atoms with van der Waals surface area (Å²) in [7, 11) is 1.63. The minimum Gasteiger partial charge on any atom is -0.475 e. The number of hydrogen-bond donors (Lipinski definition) is 1. The number of amides is 1. The fourth-order valence-corrected chi connectivity index (χ4v) is 3.01. The van der Waals surface area contributed by atoms with E-state index >= 15 is 0 Å². The van der Waals surface area contributed by atoms with Crippen LogP contribution >= 0.6 is 11.8 Å². The van der Waals surface area contributed by atoms with Crippen molar-refractivity contribution in [1.29, 1.82) is 0 Å². The lowest BCUT2D eigenvalue weighted by atomic mass is 9.87. The van der Waals surface area contributed by atoms with Crippen LogP contribution in [0.1, 0.15) is 31.9 Å². The molecule has 0 saturated carbocycles. The second kappa shape index (κ2) is 10.3. The molecule has 0 saturated heterocycles. The highest BCUT2D eigenvalue weighted by Gasteiger charge is 2.13. The second-order valence-corrected chi connectivity index (χ2v) is 8.23. The molecular weight excluding hydrogens is 360 g/mol. The number of thioether (sulfide) groups is 1. The van der Waals surface area contributed by atoms with Crippen LogP contribution < -0.4 is 10.1 Å². The number of methoxy groups -OCH3 is 1. The standard InChI is InChI=1S/C21H28N2O3S/c1-21(2,3)17-6-8-18(9-7-17)27-15-19(24)22-13-16-5-10-20(23-14-16)26-12-11-25-4/h5-10,14H,11-13,15H2,1-4H3,(H,22,24). The number of aromatic nitrogens is 1. The lowest BCUT2D eigenvalue weighted by Crippen LogP contribution is -2.24. The number of benzene rings is 1. The minimum atomic E-state index is 0.000295. The van der Waals surface area contributed by atoms with Gasteiger partial charge in [0.05, 0.1) is 12.4 Å². The summed E-state index contributed by atoms with van der Waals surface area (Å²) in [5.74, 6) is 0.942. The molecule has 1 amide bonds. The second-order valence-electron chi connectivity index (χ2n) is 7.19. The van der Waals surface area contributed by atoms with Crippen molar-refractivity contribution in [3.05, 3.63) is 53.7 Å². The molecule has 0 aliphatic carbocycles. The van der Waals surface area contributed by atoms with Crippen molar-refractivity contribution in [2.24, 2.45) is 0 Å². The number of nitrogens with zero attached hydrogens (tertiary/aromatic N) is 1. The molecular formula is C21H28N2O3S. The van der Waals surface area contributed by atoms with Crippen molar-refractivity contribution in [2.45, 2.75) is 37.6 Å². The van der Waals surface area contributed by atoms with Gasteiger partial charge in [0.2, 0.25) is 11.8 Å². The Kier molecular flexibility index (Phi) is 8.13. The van der Waals surface area contributed by atoms with Crippen LogP contribution in [0.5, 0.6) is 5.88 Å². The highest BCUT2D eigenvalue weighted by Crippen LogP contribution is 2.25. The molecule has 2 aromatic rings. The summed E-state index contributed by atoms with van der Waals surface area (Å²) in [5.41, 5.74) is 2.36. The number of pyridine rings is 1. The maximum absolute atomic E-state index is 12.1. The van der Waals surface area contributed by atoms with Gasteiger partial charge in [-0.3, -0.25) is 4.79 Å². The third-order valence-corrected chi connectivity index (χ3v) is 4.93. The summed E-state index contributed by atoms with van der Waals surface area (Å²) in [6.45, 7) is 8.01. The molecule has 0 radical (unpaired) electrons. The molecule has 0 bridgehead atoms. The molecule has 0 aliphatic rings. The molecule has 27 heavy (non-hydrogen) atoms. The van der Waals surface area contributed by atoms with Gasteiger partial charge in [0, 0.05) is 30.8 Å². The lowest BCUT2D eigenvalue weighted by Gasteiger charge is -2.19. The molecule has 2 rings (SSSR count). The molecule has 1 aromatic heterocycles. The van der Waals surface area contributed by atoms with E-state index in [9.17, 15) is 4.79 Å². The van der Waals surface area contributed by atoms with E-state index in [1.165, 1.54) is 17.3 Å². The summed E-state index contributed by atoms with van der Waals surface area (Å²) in [5, 5.41) is 2.92. The Hall–Kier alpha value is -2.05. The quantitative estimate of drug-likeness (QED) is 0.523. The largest absolute Gasteiger partial charge is 0.475 e. The van der Waals surface area contributed by atoms with Crippen molar-refractivity contribution in [3.8, 4) is 5.88 Å². The van der Waals surface area contributed by atoms with Crippen molar-refractivity contribution < 1.29 is 14.3 Å². The summed E-state index contributed by atoms with van der Waals surface area (Å²) in [4.78, 5) is 17.4. The van der Waals surface area contributed by atoms with Gasteiger partial charge in [0.25, 0.3) is 0 Å². The zero-order valence-corrected chi connectivity index (χ0v) is 17.3. The monoisotopic (exact) mass is 388 g/mol. The van der Waals surface area contributed by atoms with E-state index in [4.69, 9.17) is 9.47 Å². The number of nitrogens with one attached hydrogen (secondary N) is 1. The van der Waals surface area contributed by atoms with E-state index in [0.717, 1.165) is 10.5 Å². The summed E-state index contributed by atoms with van der Waals surface area (Å²) in [6.07, 6.45) is 1.71. The molecule has 0 unspecified atom stereocenters. The summed E-state index contributed by atoms with van der Waals surface area (Å²) in [6, 6.07) is 12.1. The lowest BCUT2D eigenvalue weighted by molar-refractivity contribution is -0.118. The van der Waals surface area contributed by atoms with Crippen LogP contribution in [0.2, 0.25) is 0 Å². The van der Waals surface area contributed by atoms with E-state index in [1.54, 1.807) is 19.4 Å². The van der Waals surface area contributed by atoms with Gasteiger partial charge in [-0.05, 0) is 28.7 Å². The molecule has 1 heterocycles. The van der Waals surface area contributed by atoms with Crippen LogP contribution in [0.15, 0.2) is 47.5 Å². The van der Waals surface area contributed by atoms with Crippen molar-refractivity contribution in [2.75, 3.05) is 26.1 Å². The van der Waals surface area contributed by atoms with E-state index in [1.807, 2.05) is 6.07 Å². The van der Waals surface area contributed by atoms with Crippen molar-refractivity contribution >= 4 is 17.7 Å². The summed E-state index contributed by atoms with van der Waals surface area (Å²) < 4.78 is 10.3. The summed E-state index contributed by atoms with van der Waals surface area (Å²) >= 11 is 1.54. The predicted molar refractivity (Wildman–Crippen MR) is 109 cm³/mol. The number of hydrogen-bond acceptors (Lipinski definition) is 5. The average Bonchev–Trinajstić information content (AvgIpc) is 2.65. The van der Waals surface area contributed by atoms with Crippen LogP contribution in [0.25, 0.3) is 0 Å². The van der Waals surface area contributed by atoms with Gasteiger partial charge in [-0.1, -0.05) is 39.0 Å². The molecule has 0 atom stereocenters. The Morgan fingerprint density at radius 3 is 2.44 bits per heavy atom. The fraction of sp³-hybridized carbons (Fsp3) is 0.429. The van der Waals surface area contributed by atoms with Crippen molar-refractivity contribution in [1.82, 2.24) is 10.3 Å². The van der Waals surface area contributed by atoms with Gasteiger partial charge in [-0.2, -0.15) is 0 Å². The van der Waals surface area contributed by atoms with E-state index < -0.39 is 0 Å². The maximum atomic E-state index is 12.1. The molecule has 1 N–H and O–H groups in total. The first-order valence-corrected chi connectivity index (χ1v) is 9.94.